The summed E-state index contributed by atoms with van der Waals surface area (Å²) >= 11 is 5.95. The SMILES string of the molecule is CCCC(C(=O)NN)n1ccc2cc(Cl)ccc21. The van der Waals surface area contributed by atoms with Gasteiger partial charge in [-0.25, -0.2) is 5.84 Å². The average molecular weight is 266 g/mol. The number of carbonyl (C=O) groups is 1. The summed E-state index contributed by atoms with van der Waals surface area (Å²) in [5, 5.41) is 1.71. The number of hydrogen-bond donors (Lipinski definition) is 2. The molecule has 4 nitrogen and oxygen atoms in total. The first-order valence-corrected chi connectivity index (χ1v) is 6.31. The van der Waals surface area contributed by atoms with Crippen molar-refractivity contribution in [1.29, 1.82) is 0 Å². The van der Waals surface area contributed by atoms with Crippen LogP contribution in [0.1, 0.15) is 25.8 Å². The summed E-state index contributed by atoms with van der Waals surface area (Å²) in [7, 11) is 0. The lowest BCUT2D eigenvalue weighted by atomic mass is 10.1. The summed E-state index contributed by atoms with van der Waals surface area (Å²) in [5.41, 5.74) is 3.22. The van der Waals surface area contributed by atoms with Crippen molar-refractivity contribution in [1.82, 2.24) is 9.99 Å². The van der Waals surface area contributed by atoms with Crippen LogP contribution in [0.25, 0.3) is 10.9 Å². The first-order chi connectivity index (χ1) is 8.67. The van der Waals surface area contributed by atoms with E-state index in [1.807, 2.05) is 42.0 Å². The van der Waals surface area contributed by atoms with Gasteiger partial charge in [-0.05, 0) is 30.7 Å². The van der Waals surface area contributed by atoms with Crippen LogP contribution in [-0.4, -0.2) is 10.5 Å². The number of nitrogens with one attached hydrogen (secondary N) is 1. The van der Waals surface area contributed by atoms with Crippen molar-refractivity contribution in [3.05, 3.63) is 35.5 Å². The minimum absolute atomic E-state index is 0.177. The molecule has 3 N–H and O–H groups in total. The Balaban J connectivity index is 2.47. The Labute approximate surface area is 111 Å². The lowest BCUT2D eigenvalue weighted by Crippen LogP contribution is -2.37. The van der Waals surface area contributed by atoms with E-state index in [9.17, 15) is 4.79 Å². The van der Waals surface area contributed by atoms with Crippen LogP contribution in [0.5, 0.6) is 0 Å². The molecule has 0 fully saturated rings. The number of hydrazine groups is 1. The fourth-order valence-corrected chi connectivity index (χ4v) is 2.35. The summed E-state index contributed by atoms with van der Waals surface area (Å²) < 4.78 is 1.94. The number of aromatic nitrogens is 1. The van der Waals surface area contributed by atoms with Gasteiger partial charge in [0.05, 0.1) is 0 Å². The van der Waals surface area contributed by atoms with Gasteiger partial charge in [-0.15, -0.1) is 0 Å². The number of benzene rings is 1. The van der Waals surface area contributed by atoms with Gasteiger partial charge in [-0.3, -0.25) is 10.2 Å². The molecule has 0 radical (unpaired) electrons. The molecule has 1 heterocycles. The second kappa shape index (κ2) is 5.42. The van der Waals surface area contributed by atoms with Gasteiger partial charge < -0.3 is 4.57 Å². The van der Waals surface area contributed by atoms with Gasteiger partial charge in [0, 0.05) is 22.1 Å². The monoisotopic (exact) mass is 265 g/mol. The van der Waals surface area contributed by atoms with Crippen LogP contribution in [0.2, 0.25) is 5.02 Å². The Morgan fingerprint density at radius 3 is 2.94 bits per heavy atom. The number of nitrogens with two attached hydrogens (primary N) is 1. The third kappa shape index (κ3) is 2.35. The van der Waals surface area contributed by atoms with E-state index in [0.717, 1.165) is 23.7 Å². The number of carbonyl (C=O) groups excluding carboxylic acids is 1. The predicted octanol–water partition coefficient (Wildman–Crippen LogP) is 2.63. The first-order valence-electron chi connectivity index (χ1n) is 5.94. The molecule has 0 aliphatic carbocycles. The molecule has 1 atom stereocenters. The highest BCUT2D eigenvalue weighted by Crippen LogP contribution is 2.25. The molecule has 1 aromatic carbocycles. The van der Waals surface area contributed by atoms with Crippen molar-refractivity contribution >= 4 is 28.4 Å². The Kier molecular flexibility index (Phi) is 3.89. The Morgan fingerprint density at radius 1 is 1.50 bits per heavy atom. The molecule has 96 valence electrons. The van der Waals surface area contributed by atoms with Crippen LogP contribution in [-0.2, 0) is 4.79 Å². The van der Waals surface area contributed by atoms with Gasteiger partial charge in [0.2, 0.25) is 0 Å². The molecule has 1 aromatic heterocycles. The van der Waals surface area contributed by atoms with Gasteiger partial charge in [0.15, 0.2) is 0 Å². The molecule has 18 heavy (non-hydrogen) atoms. The number of halogens is 1. The minimum atomic E-state index is -0.279. The summed E-state index contributed by atoms with van der Waals surface area (Å²) in [6.07, 6.45) is 3.55. The lowest BCUT2D eigenvalue weighted by Gasteiger charge is -2.17. The average Bonchev–Trinajstić information content (AvgIpc) is 2.77. The topological polar surface area (TPSA) is 60.1 Å². The van der Waals surface area contributed by atoms with Gasteiger partial charge >= 0.3 is 0 Å². The Morgan fingerprint density at radius 2 is 2.28 bits per heavy atom. The van der Waals surface area contributed by atoms with Crippen LogP contribution >= 0.6 is 11.6 Å². The summed E-state index contributed by atoms with van der Waals surface area (Å²) in [5.74, 6) is 5.07. The van der Waals surface area contributed by atoms with Crippen LogP contribution in [0.15, 0.2) is 30.5 Å². The van der Waals surface area contributed by atoms with E-state index in [1.165, 1.54) is 0 Å². The van der Waals surface area contributed by atoms with Gasteiger partial charge in [0.1, 0.15) is 6.04 Å². The molecular weight excluding hydrogens is 250 g/mol. The molecular formula is C13H16ClN3O. The number of amides is 1. The van der Waals surface area contributed by atoms with E-state index in [1.54, 1.807) is 0 Å². The highest BCUT2D eigenvalue weighted by atomic mass is 35.5. The lowest BCUT2D eigenvalue weighted by molar-refractivity contribution is -0.124. The standard InChI is InChI=1S/C13H16ClN3O/c1-2-3-12(13(18)16-15)17-7-6-9-8-10(14)4-5-11(9)17/h4-8,12H,2-3,15H2,1H3,(H,16,18). The van der Waals surface area contributed by atoms with E-state index in [-0.39, 0.29) is 11.9 Å². The molecule has 0 saturated carbocycles. The number of hydrogen-bond acceptors (Lipinski definition) is 2. The second-order valence-corrected chi connectivity index (χ2v) is 4.68. The molecule has 5 heteroatoms. The highest BCUT2D eigenvalue weighted by Gasteiger charge is 2.19. The van der Waals surface area contributed by atoms with E-state index in [4.69, 9.17) is 17.4 Å². The number of fused-ring (bicyclic) bond motifs is 1. The fraction of sp³-hybridized carbons (Fsp3) is 0.308. The van der Waals surface area contributed by atoms with E-state index >= 15 is 0 Å². The zero-order valence-corrected chi connectivity index (χ0v) is 10.9. The number of rotatable bonds is 4. The molecule has 1 amide bonds. The van der Waals surface area contributed by atoms with Gasteiger partial charge in [0.25, 0.3) is 5.91 Å². The maximum absolute atomic E-state index is 11.8. The molecule has 0 bridgehead atoms. The van der Waals surface area contributed by atoms with Gasteiger partial charge in [-0.1, -0.05) is 24.9 Å². The normalized spacial score (nSPS) is 12.6. The molecule has 2 rings (SSSR count). The third-order valence-electron chi connectivity index (χ3n) is 3.03. The molecule has 2 aromatic rings. The fourth-order valence-electron chi connectivity index (χ4n) is 2.17. The van der Waals surface area contributed by atoms with Crippen molar-refractivity contribution in [3.8, 4) is 0 Å². The van der Waals surface area contributed by atoms with Crippen LogP contribution in [0.4, 0.5) is 0 Å². The van der Waals surface area contributed by atoms with Crippen LogP contribution < -0.4 is 11.3 Å². The van der Waals surface area contributed by atoms with E-state index < -0.39 is 0 Å². The second-order valence-electron chi connectivity index (χ2n) is 4.24. The molecule has 0 saturated heterocycles. The van der Waals surface area contributed by atoms with Crippen molar-refractivity contribution in [3.63, 3.8) is 0 Å². The minimum Gasteiger partial charge on any atom is -0.335 e. The Hall–Kier alpha value is -1.52. The van der Waals surface area contributed by atoms with Crippen molar-refractivity contribution < 1.29 is 4.79 Å². The third-order valence-corrected chi connectivity index (χ3v) is 3.26. The molecule has 0 aliphatic heterocycles. The van der Waals surface area contributed by atoms with Crippen molar-refractivity contribution in [2.24, 2.45) is 5.84 Å². The molecule has 0 aliphatic rings. The summed E-state index contributed by atoms with van der Waals surface area (Å²) in [4.78, 5) is 11.8. The smallest absolute Gasteiger partial charge is 0.256 e. The zero-order chi connectivity index (χ0) is 13.1. The van der Waals surface area contributed by atoms with Crippen molar-refractivity contribution in [2.75, 3.05) is 0 Å². The first kappa shape index (κ1) is 12.9. The quantitative estimate of drug-likeness (QED) is 0.507. The largest absolute Gasteiger partial charge is 0.335 e. The highest BCUT2D eigenvalue weighted by molar-refractivity contribution is 6.31. The maximum atomic E-state index is 11.8. The predicted molar refractivity (Wildman–Crippen MR) is 73.2 cm³/mol. The van der Waals surface area contributed by atoms with Crippen molar-refractivity contribution in [2.45, 2.75) is 25.8 Å². The van der Waals surface area contributed by atoms with Crippen LogP contribution in [0, 0.1) is 0 Å². The Bertz CT molecular complexity index is 564. The molecule has 0 spiro atoms. The summed E-state index contributed by atoms with van der Waals surface area (Å²) in [6.45, 7) is 2.04. The van der Waals surface area contributed by atoms with Crippen LogP contribution in [0.3, 0.4) is 0 Å². The zero-order valence-electron chi connectivity index (χ0n) is 10.2. The van der Waals surface area contributed by atoms with Gasteiger partial charge in [-0.2, -0.15) is 0 Å². The number of nitrogens with zero attached hydrogens (tertiary/aromatic N) is 1. The van der Waals surface area contributed by atoms with E-state index in [2.05, 4.69) is 5.43 Å². The maximum Gasteiger partial charge on any atom is 0.256 e. The summed E-state index contributed by atoms with van der Waals surface area (Å²) in [6, 6.07) is 7.30. The van der Waals surface area contributed by atoms with E-state index in [0.29, 0.717) is 5.02 Å². The molecule has 1 unspecified atom stereocenters.